The van der Waals surface area contributed by atoms with Crippen LogP contribution < -0.4 is 5.32 Å². The van der Waals surface area contributed by atoms with Gasteiger partial charge in [-0.1, -0.05) is 13.8 Å². The summed E-state index contributed by atoms with van der Waals surface area (Å²) in [5.74, 6) is 0. The van der Waals surface area contributed by atoms with E-state index in [4.69, 9.17) is 4.74 Å². The number of nitrogens with one attached hydrogen (secondary N) is 1. The Balaban J connectivity index is 2.21. The number of rotatable bonds is 6. The van der Waals surface area contributed by atoms with Gasteiger partial charge in [-0.15, -0.1) is 0 Å². The van der Waals surface area contributed by atoms with E-state index in [1.807, 2.05) is 25.7 Å². The highest BCUT2D eigenvalue weighted by Crippen LogP contribution is 2.11. The highest BCUT2D eigenvalue weighted by molar-refractivity contribution is 5.68. The van der Waals surface area contributed by atoms with E-state index in [0.717, 1.165) is 39.3 Å². The number of amides is 1. The third-order valence-electron chi connectivity index (χ3n) is 3.87. The Kier molecular flexibility index (Phi) is 7.46. The minimum atomic E-state index is -0.409. The molecule has 0 atom stereocenters. The zero-order valence-corrected chi connectivity index (χ0v) is 14.4. The number of carbonyl (C=O) groups is 1. The number of carbonyl (C=O) groups excluding carboxylic acids is 1. The Hall–Kier alpha value is -0.810. The molecule has 1 aliphatic rings. The molecule has 5 heteroatoms. The Morgan fingerprint density at radius 1 is 1.14 bits per heavy atom. The van der Waals surface area contributed by atoms with Gasteiger partial charge in [0.25, 0.3) is 0 Å². The SMILES string of the molecule is CCC(CC)NCCN1CCN(C(=O)OC(C)(C)C)CC1. The van der Waals surface area contributed by atoms with Gasteiger partial charge in [0.1, 0.15) is 5.60 Å². The molecule has 1 aliphatic heterocycles. The summed E-state index contributed by atoms with van der Waals surface area (Å²) in [5.41, 5.74) is -0.409. The Morgan fingerprint density at radius 2 is 1.71 bits per heavy atom. The fourth-order valence-corrected chi connectivity index (χ4v) is 2.48. The normalized spacial score (nSPS) is 17.3. The maximum Gasteiger partial charge on any atom is 0.410 e. The molecule has 0 aromatic carbocycles. The minimum absolute atomic E-state index is 0.183. The number of hydrogen-bond acceptors (Lipinski definition) is 4. The highest BCUT2D eigenvalue weighted by Gasteiger charge is 2.25. The van der Waals surface area contributed by atoms with E-state index in [0.29, 0.717) is 6.04 Å². The van der Waals surface area contributed by atoms with E-state index in [-0.39, 0.29) is 6.09 Å². The third kappa shape index (κ3) is 7.14. The topological polar surface area (TPSA) is 44.8 Å². The molecule has 1 saturated heterocycles. The van der Waals surface area contributed by atoms with Crippen LogP contribution in [0.4, 0.5) is 4.79 Å². The lowest BCUT2D eigenvalue weighted by molar-refractivity contribution is 0.0146. The average molecular weight is 299 g/mol. The van der Waals surface area contributed by atoms with Crippen molar-refractivity contribution in [3.63, 3.8) is 0 Å². The predicted octanol–water partition coefficient (Wildman–Crippen LogP) is 2.32. The molecule has 0 aliphatic carbocycles. The summed E-state index contributed by atoms with van der Waals surface area (Å²) in [4.78, 5) is 16.2. The van der Waals surface area contributed by atoms with Gasteiger partial charge in [0, 0.05) is 45.3 Å². The Bertz CT molecular complexity index is 303. The number of ether oxygens (including phenoxy) is 1. The maximum absolute atomic E-state index is 12.0. The van der Waals surface area contributed by atoms with Gasteiger partial charge in [-0.25, -0.2) is 4.79 Å². The van der Waals surface area contributed by atoms with Gasteiger partial charge in [0.05, 0.1) is 0 Å². The Labute approximate surface area is 130 Å². The van der Waals surface area contributed by atoms with E-state index >= 15 is 0 Å². The summed E-state index contributed by atoms with van der Waals surface area (Å²) in [6.07, 6.45) is 2.18. The van der Waals surface area contributed by atoms with Gasteiger partial charge in [-0.2, -0.15) is 0 Å². The lowest BCUT2D eigenvalue weighted by Crippen LogP contribution is -2.51. The molecular formula is C16H33N3O2. The van der Waals surface area contributed by atoms with Crippen LogP contribution in [-0.4, -0.2) is 66.8 Å². The molecule has 1 N–H and O–H groups in total. The van der Waals surface area contributed by atoms with E-state index in [9.17, 15) is 4.79 Å². The first kappa shape index (κ1) is 18.2. The molecule has 0 saturated carbocycles. The molecule has 0 aromatic heterocycles. The fourth-order valence-electron chi connectivity index (χ4n) is 2.48. The van der Waals surface area contributed by atoms with E-state index in [1.165, 1.54) is 12.8 Å². The van der Waals surface area contributed by atoms with Crippen LogP contribution in [0.15, 0.2) is 0 Å². The molecule has 0 unspecified atom stereocenters. The van der Waals surface area contributed by atoms with E-state index < -0.39 is 5.60 Å². The van der Waals surface area contributed by atoms with Crippen molar-refractivity contribution in [1.29, 1.82) is 0 Å². The summed E-state index contributed by atoms with van der Waals surface area (Å²) < 4.78 is 5.41. The second-order valence-electron chi connectivity index (χ2n) is 6.78. The zero-order chi connectivity index (χ0) is 15.9. The largest absolute Gasteiger partial charge is 0.444 e. The highest BCUT2D eigenvalue weighted by atomic mass is 16.6. The predicted molar refractivity (Wildman–Crippen MR) is 86.6 cm³/mol. The first-order valence-corrected chi connectivity index (χ1v) is 8.29. The molecule has 0 aromatic rings. The molecule has 21 heavy (non-hydrogen) atoms. The van der Waals surface area contributed by atoms with Crippen molar-refractivity contribution in [3.8, 4) is 0 Å². The number of hydrogen-bond donors (Lipinski definition) is 1. The molecular weight excluding hydrogens is 266 g/mol. The quantitative estimate of drug-likeness (QED) is 0.817. The van der Waals surface area contributed by atoms with Gasteiger partial charge >= 0.3 is 6.09 Å². The molecule has 0 radical (unpaired) electrons. The molecule has 1 amide bonds. The third-order valence-corrected chi connectivity index (χ3v) is 3.87. The summed E-state index contributed by atoms with van der Waals surface area (Å²) in [7, 11) is 0. The molecule has 1 heterocycles. The smallest absolute Gasteiger partial charge is 0.410 e. The second kappa shape index (κ2) is 8.59. The molecule has 1 fully saturated rings. The average Bonchev–Trinajstić information content (AvgIpc) is 2.42. The van der Waals surface area contributed by atoms with Crippen LogP contribution in [-0.2, 0) is 4.74 Å². The first-order valence-electron chi connectivity index (χ1n) is 8.29. The van der Waals surface area contributed by atoms with Gasteiger partial charge in [0.15, 0.2) is 0 Å². The van der Waals surface area contributed by atoms with Crippen LogP contribution in [0.2, 0.25) is 0 Å². The fraction of sp³-hybridized carbons (Fsp3) is 0.938. The van der Waals surface area contributed by atoms with E-state index in [1.54, 1.807) is 0 Å². The molecule has 0 bridgehead atoms. The van der Waals surface area contributed by atoms with Crippen LogP contribution in [0.1, 0.15) is 47.5 Å². The van der Waals surface area contributed by atoms with Crippen LogP contribution in [0, 0.1) is 0 Å². The lowest BCUT2D eigenvalue weighted by atomic mass is 10.2. The molecule has 124 valence electrons. The number of nitrogens with zero attached hydrogens (tertiary/aromatic N) is 2. The molecule has 1 rings (SSSR count). The van der Waals surface area contributed by atoms with Crippen LogP contribution in [0.25, 0.3) is 0 Å². The number of piperazine rings is 1. The summed E-state index contributed by atoms with van der Waals surface area (Å²) in [6, 6.07) is 0.632. The minimum Gasteiger partial charge on any atom is -0.444 e. The monoisotopic (exact) mass is 299 g/mol. The van der Waals surface area contributed by atoms with Crippen molar-refractivity contribution in [1.82, 2.24) is 15.1 Å². The van der Waals surface area contributed by atoms with Crippen molar-refractivity contribution < 1.29 is 9.53 Å². The van der Waals surface area contributed by atoms with Crippen molar-refractivity contribution in [2.75, 3.05) is 39.3 Å². The van der Waals surface area contributed by atoms with Crippen molar-refractivity contribution >= 4 is 6.09 Å². The summed E-state index contributed by atoms with van der Waals surface area (Å²) in [5, 5.41) is 3.58. The summed E-state index contributed by atoms with van der Waals surface area (Å²) in [6.45, 7) is 15.6. The van der Waals surface area contributed by atoms with Gasteiger partial charge in [0.2, 0.25) is 0 Å². The van der Waals surface area contributed by atoms with Crippen molar-refractivity contribution in [3.05, 3.63) is 0 Å². The van der Waals surface area contributed by atoms with Crippen molar-refractivity contribution in [2.24, 2.45) is 0 Å². The van der Waals surface area contributed by atoms with Gasteiger partial charge in [-0.05, 0) is 33.6 Å². The molecule has 5 nitrogen and oxygen atoms in total. The summed E-state index contributed by atoms with van der Waals surface area (Å²) >= 11 is 0. The standard InChI is InChI=1S/C16H33N3O2/c1-6-14(7-2)17-8-9-18-10-12-19(13-11-18)15(20)21-16(3,4)5/h14,17H,6-13H2,1-5H3. The van der Waals surface area contributed by atoms with Crippen LogP contribution >= 0.6 is 0 Å². The van der Waals surface area contributed by atoms with Crippen LogP contribution in [0.5, 0.6) is 0 Å². The van der Waals surface area contributed by atoms with Crippen LogP contribution in [0.3, 0.4) is 0 Å². The van der Waals surface area contributed by atoms with Crippen molar-refractivity contribution in [2.45, 2.75) is 59.1 Å². The van der Waals surface area contributed by atoms with Gasteiger partial charge in [-0.3, -0.25) is 4.90 Å². The van der Waals surface area contributed by atoms with Gasteiger partial charge < -0.3 is 15.0 Å². The lowest BCUT2D eigenvalue weighted by Gasteiger charge is -2.35. The second-order valence-corrected chi connectivity index (χ2v) is 6.78. The maximum atomic E-state index is 12.0. The first-order chi connectivity index (χ1) is 9.85. The zero-order valence-electron chi connectivity index (χ0n) is 14.4. The molecule has 0 spiro atoms. The Morgan fingerprint density at radius 3 is 2.19 bits per heavy atom. The van der Waals surface area contributed by atoms with E-state index in [2.05, 4.69) is 24.1 Å².